The molecule has 0 saturated heterocycles. The Morgan fingerprint density at radius 1 is 1.00 bits per heavy atom. The molecule has 0 fully saturated rings. The van der Waals surface area contributed by atoms with Gasteiger partial charge in [0.1, 0.15) is 10.1 Å². The summed E-state index contributed by atoms with van der Waals surface area (Å²) in [4.78, 5) is -0.0851. The molecule has 0 radical (unpaired) electrons. The van der Waals surface area contributed by atoms with Crippen LogP contribution in [0.5, 0.6) is 0 Å². The van der Waals surface area contributed by atoms with Gasteiger partial charge in [-0.05, 0) is 48.3 Å². The number of hydrogen-bond acceptors (Lipinski definition) is 3. The Morgan fingerprint density at radius 3 is 2.26 bits per heavy atom. The van der Waals surface area contributed by atoms with E-state index in [9.17, 15) is 13.0 Å². The van der Waals surface area contributed by atoms with Crippen LogP contribution in [0, 0.1) is 0 Å². The van der Waals surface area contributed by atoms with Crippen molar-refractivity contribution >= 4 is 20.9 Å². The Balaban J connectivity index is 0.00000264. The smallest absolute Gasteiger partial charge is 0.744 e. The van der Waals surface area contributed by atoms with Crippen molar-refractivity contribution in [3.63, 3.8) is 0 Å². The molecule has 3 nitrogen and oxygen atoms in total. The van der Waals surface area contributed by atoms with E-state index in [1.165, 1.54) is 11.6 Å². The summed E-state index contributed by atoms with van der Waals surface area (Å²) >= 11 is 0. The minimum atomic E-state index is -4.46. The fourth-order valence-corrected chi connectivity index (χ4v) is 3.59. The number of benzene rings is 2. The van der Waals surface area contributed by atoms with Crippen molar-refractivity contribution in [2.24, 2.45) is 0 Å². The molecule has 5 heteroatoms. The summed E-state index contributed by atoms with van der Waals surface area (Å²) in [5.41, 5.74) is 2.21. The predicted octanol–water partition coefficient (Wildman–Crippen LogP) is 1.43. The summed E-state index contributed by atoms with van der Waals surface area (Å²) in [6.45, 7) is 4.26. The summed E-state index contributed by atoms with van der Waals surface area (Å²) in [5, 5.41) is 1.47. The Kier molecular flexibility index (Phi) is 8.94. The Hall–Kier alpha value is 0.246. The second-order valence-electron chi connectivity index (χ2n) is 5.77. The van der Waals surface area contributed by atoms with Crippen LogP contribution in [-0.2, 0) is 23.0 Å². The molecule has 0 aliphatic heterocycles. The Labute approximate surface area is 182 Å². The third kappa shape index (κ3) is 5.63. The molecule has 0 aliphatic carbocycles. The van der Waals surface area contributed by atoms with Gasteiger partial charge in [-0.1, -0.05) is 51.0 Å². The molecule has 0 saturated carbocycles. The number of fused-ring (bicyclic) bond motifs is 1. The quantitative estimate of drug-likeness (QED) is 0.556. The van der Waals surface area contributed by atoms with Crippen LogP contribution in [0.1, 0.15) is 50.7 Å². The molecule has 120 valence electrons. The molecular formula is C18H23KO3S. The van der Waals surface area contributed by atoms with E-state index in [0.29, 0.717) is 5.39 Å². The molecule has 0 heterocycles. The molecule has 0 amide bonds. The van der Waals surface area contributed by atoms with Gasteiger partial charge in [0.05, 0.1) is 4.90 Å². The van der Waals surface area contributed by atoms with Gasteiger partial charge < -0.3 is 4.55 Å². The molecule has 0 spiro atoms. The van der Waals surface area contributed by atoms with Crippen LogP contribution >= 0.6 is 0 Å². The largest absolute Gasteiger partial charge is 1.00 e. The van der Waals surface area contributed by atoms with Gasteiger partial charge in [-0.25, -0.2) is 8.42 Å². The summed E-state index contributed by atoms with van der Waals surface area (Å²) < 4.78 is 34.7. The number of rotatable bonds is 7. The van der Waals surface area contributed by atoms with E-state index < -0.39 is 10.1 Å². The van der Waals surface area contributed by atoms with Crippen molar-refractivity contribution in [3.05, 3.63) is 41.5 Å². The van der Waals surface area contributed by atoms with E-state index in [2.05, 4.69) is 19.9 Å². The van der Waals surface area contributed by atoms with Gasteiger partial charge in [-0.15, -0.1) is 0 Å². The van der Waals surface area contributed by atoms with Crippen LogP contribution in [0.3, 0.4) is 0 Å². The average molecular weight is 359 g/mol. The van der Waals surface area contributed by atoms with Crippen LogP contribution in [0.4, 0.5) is 0 Å². The van der Waals surface area contributed by atoms with Crippen LogP contribution in [0.15, 0.2) is 35.2 Å². The minimum absolute atomic E-state index is 0. The van der Waals surface area contributed by atoms with Gasteiger partial charge >= 0.3 is 51.4 Å². The Morgan fingerprint density at radius 2 is 1.65 bits per heavy atom. The molecule has 23 heavy (non-hydrogen) atoms. The molecule has 0 aliphatic rings. The molecule has 2 rings (SSSR count). The zero-order valence-electron chi connectivity index (χ0n) is 14.3. The topological polar surface area (TPSA) is 57.2 Å². The van der Waals surface area contributed by atoms with E-state index in [-0.39, 0.29) is 56.3 Å². The monoisotopic (exact) mass is 358 g/mol. The van der Waals surface area contributed by atoms with Crippen LogP contribution in [0.25, 0.3) is 10.8 Å². The fourth-order valence-electron chi connectivity index (χ4n) is 2.85. The van der Waals surface area contributed by atoms with E-state index in [4.69, 9.17) is 0 Å². The van der Waals surface area contributed by atoms with E-state index in [0.717, 1.165) is 49.5 Å². The number of hydrogen-bond donors (Lipinski definition) is 0. The van der Waals surface area contributed by atoms with Crippen molar-refractivity contribution < 1.29 is 64.4 Å². The van der Waals surface area contributed by atoms with Crippen molar-refractivity contribution in [1.82, 2.24) is 0 Å². The zero-order chi connectivity index (χ0) is 16.2. The fraction of sp³-hybridized carbons (Fsp3) is 0.444. The second kappa shape index (κ2) is 9.66. The van der Waals surface area contributed by atoms with E-state index in [1.807, 2.05) is 12.1 Å². The first kappa shape index (κ1) is 21.3. The summed E-state index contributed by atoms with van der Waals surface area (Å²) in [7, 11) is -4.46. The van der Waals surface area contributed by atoms with Gasteiger partial charge in [0.2, 0.25) is 0 Å². The number of aryl methyl sites for hydroxylation is 2. The Bertz CT molecular complexity index is 754. The predicted molar refractivity (Wildman–Crippen MR) is 89.1 cm³/mol. The molecular weight excluding hydrogens is 335 g/mol. The van der Waals surface area contributed by atoms with Gasteiger partial charge in [0, 0.05) is 5.39 Å². The first-order valence-corrected chi connectivity index (χ1v) is 9.38. The molecule has 0 aromatic heterocycles. The maximum absolute atomic E-state index is 11.6. The van der Waals surface area contributed by atoms with Crippen LogP contribution in [-0.4, -0.2) is 13.0 Å². The minimum Gasteiger partial charge on any atom is -0.744 e. The molecule has 0 N–H and O–H groups in total. The van der Waals surface area contributed by atoms with Crippen LogP contribution < -0.4 is 51.4 Å². The van der Waals surface area contributed by atoms with Crippen LogP contribution in [0.2, 0.25) is 0 Å². The first-order chi connectivity index (χ1) is 10.5. The molecule has 2 aromatic carbocycles. The standard InChI is InChI=1S/C18H24O3S.K/c1-3-5-8-14-12-15(9-6-4-2)18-16(13-14)10-7-11-17(18)22(19,20)21;/h7,10-13H,3-6,8-9H2,1-2H3,(H,19,20,21);/q;+1/p-1. The molecule has 0 unspecified atom stereocenters. The van der Waals surface area contributed by atoms with Gasteiger partial charge in [0.15, 0.2) is 0 Å². The third-order valence-electron chi connectivity index (χ3n) is 3.97. The summed E-state index contributed by atoms with van der Waals surface area (Å²) in [6.07, 6.45) is 6.04. The van der Waals surface area contributed by atoms with Crippen molar-refractivity contribution in [2.45, 2.75) is 57.3 Å². The van der Waals surface area contributed by atoms with Crippen molar-refractivity contribution in [1.29, 1.82) is 0 Å². The maximum atomic E-state index is 11.6. The molecule has 0 bridgehead atoms. The van der Waals surface area contributed by atoms with Gasteiger partial charge in [0.25, 0.3) is 0 Å². The maximum Gasteiger partial charge on any atom is 1.00 e. The van der Waals surface area contributed by atoms with Gasteiger partial charge in [-0.2, -0.15) is 0 Å². The van der Waals surface area contributed by atoms with E-state index >= 15 is 0 Å². The second-order valence-corrected chi connectivity index (χ2v) is 7.12. The van der Waals surface area contributed by atoms with Crippen molar-refractivity contribution in [3.8, 4) is 0 Å². The summed E-state index contributed by atoms with van der Waals surface area (Å²) in [5.74, 6) is 0. The normalized spacial score (nSPS) is 11.4. The SMILES string of the molecule is CCCCc1cc(CCCC)c2c(S(=O)(=O)[O-])cccc2c1.[K+]. The number of unbranched alkanes of at least 4 members (excludes halogenated alkanes) is 2. The third-order valence-corrected chi connectivity index (χ3v) is 4.85. The zero-order valence-corrected chi connectivity index (χ0v) is 18.2. The average Bonchev–Trinajstić information content (AvgIpc) is 2.48. The molecule has 2 aromatic rings. The summed E-state index contributed by atoms with van der Waals surface area (Å²) in [6, 6.07) is 9.08. The van der Waals surface area contributed by atoms with E-state index in [1.54, 1.807) is 6.07 Å². The first-order valence-electron chi connectivity index (χ1n) is 7.97. The van der Waals surface area contributed by atoms with Gasteiger partial charge in [-0.3, -0.25) is 0 Å². The molecule has 0 atom stereocenters. The van der Waals surface area contributed by atoms with Crippen molar-refractivity contribution in [2.75, 3.05) is 0 Å².